The molecular formula is C10H13ClFNO2S. The summed E-state index contributed by atoms with van der Waals surface area (Å²) in [5, 5.41) is 0. The van der Waals surface area contributed by atoms with Crippen LogP contribution in [0.5, 0.6) is 0 Å². The number of nitrogens with one attached hydrogen (secondary N) is 1. The first kappa shape index (κ1) is 13.4. The zero-order chi connectivity index (χ0) is 12.2. The topological polar surface area (TPSA) is 46.2 Å². The number of hydrogen-bond acceptors (Lipinski definition) is 2. The molecule has 1 N–H and O–H groups in total. The largest absolute Gasteiger partial charge is 0.240 e. The van der Waals surface area contributed by atoms with E-state index in [9.17, 15) is 12.8 Å². The van der Waals surface area contributed by atoms with Gasteiger partial charge in [0.2, 0.25) is 10.0 Å². The second-order valence-electron chi connectivity index (χ2n) is 3.45. The lowest BCUT2D eigenvalue weighted by Crippen LogP contribution is -2.32. The van der Waals surface area contributed by atoms with E-state index in [4.69, 9.17) is 11.6 Å². The average molecular weight is 266 g/mol. The second-order valence-corrected chi connectivity index (χ2v) is 5.55. The van der Waals surface area contributed by atoms with E-state index in [1.807, 2.05) is 0 Å². The van der Waals surface area contributed by atoms with Crippen molar-refractivity contribution in [1.29, 1.82) is 0 Å². The number of rotatable bonds is 5. The maximum absolute atomic E-state index is 12.6. The van der Waals surface area contributed by atoms with E-state index in [-0.39, 0.29) is 10.9 Å². The zero-order valence-corrected chi connectivity index (χ0v) is 10.4. The molecule has 90 valence electrons. The molecule has 0 heterocycles. The third-order valence-electron chi connectivity index (χ3n) is 2.02. The molecule has 0 amide bonds. The summed E-state index contributed by atoms with van der Waals surface area (Å²) in [5.74, 6) is -0.0830. The molecule has 6 heteroatoms. The van der Waals surface area contributed by atoms with Gasteiger partial charge in [0, 0.05) is 11.9 Å². The molecule has 0 fully saturated rings. The number of halogens is 2. The van der Waals surface area contributed by atoms with Gasteiger partial charge in [-0.3, -0.25) is 0 Å². The van der Waals surface area contributed by atoms with Gasteiger partial charge in [0.15, 0.2) is 0 Å². The van der Waals surface area contributed by atoms with E-state index >= 15 is 0 Å². The molecule has 0 aliphatic rings. The molecule has 3 nitrogen and oxygen atoms in total. The Kier molecular flexibility index (Phi) is 4.70. The van der Waals surface area contributed by atoms with E-state index in [1.54, 1.807) is 6.92 Å². The number of sulfonamides is 1. The molecule has 1 aromatic carbocycles. The quantitative estimate of drug-likeness (QED) is 0.829. The van der Waals surface area contributed by atoms with Gasteiger partial charge in [-0.2, -0.15) is 0 Å². The van der Waals surface area contributed by atoms with E-state index in [2.05, 4.69) is 4.72 Å². The van der Waals surface area contributed by atoms with Crippen LogP contribution >= 0.6 is 11.6 Å². The van der Waals surface area contributed by atoms with Gasteiger partial charge in [-0.25, -0.2) is 17.5 Å². The minimum atomic E-state index is -3.57. The third kappa shape index (κ3) is 3.73. The van der Waals surface area contributed by atoms with Gasteiger partial charge in [-0.1, -0.05) is 0 Å². The van der Waals surface area contributed by atoms with Crippen LogP contribution in [0, 0.1) is 5.82 Å². The molecule has 0 bridgehead atoms. The van der Waals surface area contributed by atoms with Crippen LogP contribution in [0.25, 0.3) is 0 Å². The highest BCUT2D eigenvalue weighted by molar-refractivity contribution is 7.89. The molecule has 0 saturated heterocycles. The molecule has 0 radical (unpaired) electrons. The summed E-state index contributed by atoms with van der Waals surface area (Å²) in [5.41, 5.74) is 0. The highest BCUT2D eigenvalue weighted by Crippen LogP contribution is 2.10. The molecule has 0 aliphatic heterocycles. The molecule has 0 aliphatic carbocycles. The van der Waals surface area contributed by atoms with E-state index in [1.165, 1.54) is 12.1 Å². The standard InChI is InChI=1S/C10H13ClFNO2S/c1-8(6-7-11)13-16(14,15)10-4-2-9(12)3-5-10/h2-5,8,13H,6-7H2,1H3. The van der Waals surface area contributed by atoms with Crippen LogP contribution in [0.15, 0.2) is 29.2 Å². The smallest absolute Gasteiger partial charge is 0.208 e. The third-order valence-corrected chi connectivity index (χ3v) is 3.85. The minimum absolute atomic E-state index is 0.0512. The van der Waals surface area contributed by atoms with Crippen molar-refractivity contribution in [3.63, 3.8) is 0 Å². The highest BCUT2D eigenvalue weighted by atomic mass is 35.5. The Morgan fingerprint density at radius 1 is 1.38 bits per heavy atom. The lowest BCUT2D eigenvalue weighted by Gasteiger charge is -2.12. The molecule has 0 spiro atoms. The van der Waals surface area contributed by atoms with Crippen molar-refractivity contribution in [2.45, 2.75) is 24.3 Å². The predicted octanol–water partition coefficient (Wildman–Crippen LogP) is 2.12. The normalized spacial score (nSPS) is 13.7. The van der Waals surface area contributed by atoms with Crippen LogP contribution in [0.3, 0.4) is 0 Å². The van der Waals surface area contributed by atoms with Crippen molar-refractivity contribution in [3.05, 3.63) is 30.1 Å². The summed E-state index contributed by atoms with van der Waals surface area (Å²) in [6.45, 7) is 1.73. The van der Waals surface area contributed by atoms with Crippen LogP contribution in [0.4, 0.5) is 4.39 Å². The van der Waals surface area contributed by atoms with E-state index in [0.717, 1.165) is 12.1 Å². The first-order valence-corrected chi connectivity index (χ1v) is 6.81. The monoisotopic (exact) mass is 265 g/mol. The fourth-order valence-corrected chi connectivity index (χ4v) is 2.77. The summed E-state index contributed by atoms with van der Waals surface area (Å²) < 4.78 is 38.6. The van der Waals surface area contributed by atoms with Gasteiger partial charge in [0.25, 0.3) is 0 Å². The maximum atomic E-state index is 12.6. The zero-order valence-electron chi connectivity index (χ0n) is 8.78. The van der Waals surface area contributed by atoms with Crippen LogP contribution in [-0.2, 0) is 10.0 Å². The van der Waals surface area contributed by atoms with E-state index < -0.39 is 15.8 Å². The average Bonchev–Trinajstić information content (AvgIpc) is 2.17. The van der Waals surface area contributed by atoms with Crippen molar-refractivity contribution in [2.24, 2.45) is 0 Å². The molecule has 1 aromatic rings. The summed E-state index contributed by atoms with van der Waals surface area (Å²) in [7, 11) is -3.57. The van der Waals surface area contributed by atoms with Crippen molar-refractivity contribution in [1.82, 2.24) is 4.72 Å². The Bertz CT molecular complexity index is 433. The van der Waals surface area contributed by atoms with E-state index in [0.29, 0.717) is 12.3 Å². The second kappa shape index (κ2) is 5.61. The lowest BCUT2D eigenvalue weighted by atomic mass is 10.3. The first-order valence-electron chi connectivity index (χ1n) is 4.79. The van der Waals surface area contributed by atoms with Gasteiger partial charge in [0.1, 0.15) is 5.82 Å². The Labute approximate surface area is 99.7 Å². The first-order chi connectivity index (χ1) is 7.45. The fraction of sp³-hybridized carbons (Fsp3) is 0.400. The molecule has 0 aromatic heterocycles. The highest BCUT2D eigenvalue weighted by Gasteiger charge is 2.16. The molecule has 16 heavy (non-hydrogen) atoms. The molecule has 0 saturated carbocycles. The van der Waals surface area contributed by atoms with Crippen molar-refractivity contribution < 1.29 is 12.8 Å². The Balaban J connectivity index is 2.82. The lowest BCUT2D eigenvalue weighted by molar-refractivity contribution is 0.556. The van der Waals surface area contributed by atoms with Crippen LogP contribution in [0.1, 0.15) is 13.3 Å². The van der Waals surface area contributed by atoms with Gasteiger partial charge < -0.3 is 0 Å². The Morgan fingerprint density at radius 3 is 2.44 bits per heavy atom. The Morgan fingerprint density at radius 2 is 1.94 bits per heavy atom. The molecule has 1 rings (SSSR count). The summed E-state index contributed by atoms with van der Waals surface area (Å²) in [6, 6.07) is 4.44. The number of alkyl halides is 1. The molecular weight excluding hydrogens is 253 g/mol. The summed E-state index contributed by atoms with van der Waals surface area (Å²) in [6.07, 6.45) is 0.544. The number of hydrogen-bond donors (Lipinski definition) is 1. The molecule has 1 unspecified atom stereocenters. The minimum Gasteiger partial charge on any atom is -0.208 e. The molecule has 1 atom stereocenters. The van der Waals surface area contributed by atoms with Gasteiger partial charge in [-0.05, 0) is 37.6 Å². The predicted molar refractivity (Wildman–Crippen MR) is 61.5 cm³/mol. The SMILES string of the molecule is CC(CCCl)NS(=O)(=O)c1ccc(F)cc1. The van der Waals surface area contributed by atoms with Gasteiger partial charge in [-0.15, -0.1) is 11.6 Å². The maximum Gasteiger partial charge on any atom is 0.240 e. The Hall–Kier alpha value is -0.650. The van der Waals surface area contributed by atoms with Gasteiger partial charge >= 0.3 is 0 Å². The van der Waals surface area contributed by atoms with Gasteiger partial charge in [0.05, 0.1) is 4.90 Å². The fourth-order valence-electron chi connectivity index (χ4n) is 1.17. The van der Waals surface area contributed by atoms with Crippen molar-refractivity contribution >= 4 is 21.6 Å². The van der Waals surface area contributed by atoms with Crippen LogP contribution in [-0.4, -0.2) is 20.3 Å². The van der Waals surface area contributed by atoms with Crippen molar-refractivity contribution in [2.75, 3.05) is 5.88 Å². The number of benzene rings is 1. The summed E-state index contributed by atoms with van der Waals surface area (Å²) >= 11 is 5.51. The van der Waals surface area contributed by atoms with Crippen LogP contribution < -0.4 is 4.72 Å². The van der Waals surface area contributed by atoms with Crippen LogP contribution in [0.2, 0.25) is 0 Å². The summed E-state index contributed by atoms with van der Waals surface area (Å²) in [4.78, 5) is 0.0512. The van der Waals surface area contributed by atoms with Crippen molar-refractivity contribution in [3.8, 4) is 0 Å².